The van der Waals surface area contributed by atoms with Crippen LogP contribution in [0.5, 0.6) is 0 Å². The molecule has 0 aromatic rings. The van der Waals surface area contributed by atoms with Crippen LogP contribution in [0.25, 0.3) is 0 Å². The number of aliphatic hydroxyl groups is 5. The molecule has 0 bridgehead atoms. The number of aliphatic hydroxyl groups excluding tert-OH is 5. The highest BCUT2D eigenvalue weighted by Crippen LogP contribution is 2.47. The quantitative estimate of drug-likeness (QED) is 0.0193. The molecule has 0 radical (unpaired) electrons. The molecule has 0 spiro atoms. The van der Waals surface area contributed by atoms with Gasteiger partial charge in [-0.2, -0.15) is 0 Å². The molecule has 6 unspecified atom stereocenters. The van der Waals surface area contributed by atoms with Gasteiger partial charge in [0.15, 0.2) is 0 Å². The van der Waals surface area contributed by atoms with E-state index in [2.05, 4.69) is 13.8 Å². The molecular formula is C50H99O12P. The van der Waals surface area contributed by atoms with E-state index in [4.69, 9.17) is 18.5 Å². The molecule has 1 fully saturated rings. The fraction of sp³-hybridized carbons (Fsp3) is 0.980. The molecule has 63 heavy (non-hydrogen) atoms. The van der Waals surface area contributed by atoms with Gasteiger partial charge >= 0.3 is 13.8 Å². The predicted octanol–water partition coefficient (Wildman–Crippen LogP) is 11.7. The van der Waals surface area contributed by atoms with Crippen LogP contribution >= 0.6 is 7.82 Å². The van der Waals surface area contributed by atoms with Crippen LogP contribution in [-0.4, -0.2) is 98.9 Å². The number of hydrogen-bond acceptors (Lipinski definition) is 11. The summed E-state index contributed by atoms with van der Waals surface area (Å²) in [6, 6.07) is 0. The third kappa shape index (κ3) is 33.5. The van der Waals surface area contributed by atoms with Gasteiger partial charge in [-0.25, -0.2) is 4.57 Å². The van der Waals surface area contributed by atoms with Crippen molar-refractivity contribution in [3.05, 3.63) is 0 Å². The second-order valence-electron chi connectivity index (χ2n) is 18.7. The third-order valence-corrected chi connectivity index (χ3v) is 13.7. The summed E-state index contributed by atoms with van der Waals surface area (Å²) in [5.74, 6) is -0.469. The summed E-state index contributed by atoms with van der Waals surface area (Å²) in [4.78, 5) is 23.2. The van der Waals surface area contributed by atoms with Crippen LogP contribution in [0.3, 0.4) is 0 Å². The molecule has 0 aliphatic heterocycles. The molecule has 0 aromatic carbocycles. The molecule has 0 saturated heterocycles. The van der Waals surface area contributed by atoms with E-state index in [1.165, 1.54) is 186 Å². The van der Waals surface area contributed by atoms with Crippen LogP contribution < -0.4 is 0 Å². The van der Waals surface area contributed by atoms with Crippen molar-refractivity contribution in [1.29, 1.82) is 0 Å². The van der Waals surface area contributed by atoms with Crippen molar-refractivity contribution in [3.63, 3.8) is 0 Å². The van der Waals surface area contributed by atoms with E-state index in [-0.39, 0.29) is 13.0 Å². The summed E-state index contributed by atoms with van der Waals surface area (Å²) in [6.07, 6.45) is 33.1. The summed E-state index contributed by atoms with van der Waals surface area (Å²) in [5, 5.41) is 50.3. The molecule has 6 N–H and O–H groups in total. The minimum atomic E-state index is -5.01. The molecule has 12 nitrogen and oxygen atoms in total. The molecule has 0 aromatic heterocycles. The fourth-order valence-electron chi connectivity index (χ4n) is 8.54. The zero-order chi connectivity index (χ0) is 46.2. The van der Waals surface area contributed by atoms with E-state index in [0.29, 0.717) is 13.0 Å². The highest BCUT2D eigenvalue weighted by atomic mass is 31.2. The van der Waals surface area contributed by atoms with Gasteiger partial charge in [-0.3, -0.25) is 13.8 Å². The summed E-state index contributed by atoms with van der Waals surface area (Å²) < 4.78 is 34.3. The lowest BCUT2D eigenvalue weighted by molar-refractivity contribution is -0.220. The van der Waals surface area contributed by atoms with Gasteiger partial charge in [0.1, 0.15) is 42.7 Å². The number of rotatable bonds is 46. The number of carbonyl (C=O) groups excluding carboxylic acids is 1. The summed E-state index contributed by atoms with van der Waals surface area (Å²) >= 11 is 0. The zero-order valence-corrected chi connectivity index (χ0v) is 41.3. The minimum absolute atomic E-state index is 0.0673. The van der Waals surface area contributed by atoms with Crippen LogP contribution in [0.1, 0.15) is 251 Å². The van der Waals surface area contributed by atoms with E-state index in [0.717, 1.165) is 38.5 Å². The van der Waals surface area contributed by atoms with E-state index < -0.39 is 63.1 Å². The van der Waals surface area contributed by atoms with Crippen molar-refractivity contribution in [3.8, 4) is 0 Å². The van der Waals surface area contributed by atoms with Gasteiger partial charge in [0, 0.05) is 13.0 Å². The minimum Gasteiger partial charge on any atom is -0.457 e. The second-order valence-corrected chi connectivity index (χ2v) is 20.2. The maximum absolute atomic E-state index is 12.9. The van der Waals surface area contributed by atoms with Gasteiger partial charge in [-0.15, -0.1) is 0 Å². The Bertz CT molecular complexity index is 1050. The lowest BCUT2D eigenvalue weighted by atomic mass is 9.85. The van der Waals surface area contributed by atoms with E-state index in [1.807, 2.05) is 0 Å². The van der Waals surface area contributed by atoms with Crippen molar-refractivity contribution in [1.82, 2.24) is 0 Å². The summed E-state index contributed by atoms with van der Waals surface area (Å²) in [6.45, 7) is 4.32. The average molecular weight is 923 g/mol. The Kier molecular flexibility index (Phi) is 39.8. The van der Waals surface area contributed by atoms with Crippen LogP contribution in [0.2, 0.25) is 0 Å². The first-order valence-electron chi connectivity index (χ1n) is 26.4. The molecule has 6 atom stereocenters. The Morgan fingerprint density at radius 2 is 0.746 bits per heavy atom. The Hall–Kier alpha value is -0.660. The van der Waals surface area contributed by atoms with Crippen LogP contribution in [0.15, 0.2) is 0 Å². The van der Waals surface area contributed by atoms with Crippen molar-refractivity contribution < 1.29 is 58.3 Å². The molecule has 1 saturated carbocycles. The maximum Gasteiger partial charge on any atom is 0.472 e. The fourth-order valence-corrected chi connectivity index (χ4v) is 9.51. The molecule has 1 rings (SSSR count). The average Bonchev–Trinajstić information content (AvgIpc) is 3.27. The van der Waals surface area contributed by atoms with Gasteiger partial charge in [0.25, 0.3) is 0 Å². The third-order valence-electron chi connectivity index (χ3n) is 12.7. The Morgan fingerprint density at radius 3 is 1.10 bits per heavy atom. The zero-order valence-electron chi connectivity index (χ0n) is 40.4. The monoisotopic (exact) mass is 923 g/mol. The van der Waals surface area contributed by atoms with Crippen LogP contribution in [-0.2, 0) is 27.9 Å². The normalized spacial score (nSPS) is 21.7. The standard InChI is InChI=1S/C50H99O12P/c1-3-5-7-9-11-13-15-17-19-21-22-24-26-28-30-32-34-36-38-40-59-41-43(42-60-63(57,58)62-50-48(55)46(53)45(52)47(54)49(50)56)61-44(51)39-37-35-33-31-29-27-25-23-20-18-16-14-12-10-8-6-4-2/h43,45-50,52-56H,3-42H2,1-2H3,(H,57,58). The predicted molar refractivity (Wildman–Crippen MR) is 254 cm³/mol. The van der Waals surface area contributed by atoms with E-state index in [1.54, 1.807) is 0 Å². The molecule has 1 aliphatic carbocycles. The second kappa shape index (κ2) is 41.5. The Labute approximate surface area is 385 Å². The van der Waals surface area contributed by atoms with E-state index >= 15 is 0 Å². The van der Waals surface area contributed by atoms with Crippen LogP contribution in [0, 0.1) is 0 Å². The number of unbranched alkanes of at least 4 members (excludes halogenated alkanes) is 34. The first-order chi connectivity index (χ1) is 30.5. The molecule has 1 aliphatic rings. The number of phosphoric ester groups is 1. The van der Waals surface area contributed by atoms with Gasteiger partial charge < -0.3 is 39.9 Å². The molecule has 0 amide bonds. The SMILES string of the molecule is CCCCCCCCCCCCCCCCCCCCCOCC(COP(=O)(O)OC1C(O)C(O)C(O)C(O)C1O)OC(=O)CCCCCCCCCCCCCCCCCCC. The van der Waals surface area contributed by atoms with E-state index in [9.17, 15) is 39.8 Å². The molecule has 0 heterocycles. The van der Waals surface area contributed by atoms with Crippen molar-refractivity contribution in [2.45, 2.75) is 294 Å². The number of carbonyl (C=O) groups is 1. The number of hydrogen-bond donors (Lipinski definition) is 6. The number of ether oxygens (including phenoxy) is 2. The van der Waals surface area contributed by atoms with Crippen LogP contribution in [0.4, 0.5) is 0 Å². The molecule has 376 valence electrons. The van der Waals surface area contributed by atoms with Gasteiger partial charge in [0.05, 0.1) is 13.2 Å². The number of esters is 1. The van der Waals surface area contributed by atoms with Gasteiger partial charge in [0.2, 0.25) is 0 Å². The summed E-state index contributed by atoms with van der Waals surface area (Å²) in [5.41, 5.74) is 0. The molecule has 13 heteroatoms. The number of phosphoric acid groups is 1. The van der Waals surface area contributed by atoms with Crippen molar-refractivity contribution in [2.75, 3.05) is 19.8 Å². The Balaban J connectivity index is 2.31. The molecular weight excluding hydrogens is 824 g/mol. The van der Waals surface area contributed by atoms with Crippen molar-refractivity contribution in [2.24, 2.45) is 0 Å². The smallest absolute Gasteiger partial charge is 0.457 e. The lowest BCUT2D eigenvalue weighted by Crippen LogP contribution is -2.64. The lowest BCUT2D eigenvalue weighted by Gasteiger charge is -2.41. The highest BCUT2D eigenvalue weighted by Gasteiger charge is 2.51. The topological polar surface area (TPSA) is 192 Å². The first kappa shape index (κ1) is 60.4. The first-order valence-corrected chi connectivity index (χ1v) is 27.9. The highest BCUT2D eigenvalue weighted by molar-refractivity contribution is 7.47. The maximum atomic E-state index is 12.9. The largest absolute Gasteiger partial charge is 0.472 e. The Morgan fingerprint density at radius 1 is 0.444 bits per heavy atom. The summed E-state index contributed by atoms with van der Waals surface area (Å²) in [7, 11) is -5.01. The van der Waals surface area contributed by atoms with Gasteiger partial charge in [-0.1, -0.05) is 232 Å². The van der Waals surface area contributed by atoms with Crippen molar-refractivity contribution >= 4 is 13.8 Å². The van der Waals surface area contributed by atoms with Gasteiger partial charge in [-0.05, 0) is 12.8 Å².